The van der Waals surface area contributed by atoms with Gasteiger partial charge in [-0.2, -0.15) is 0 Å². The number of nitrogens with two attached hydrogens (primary N) is 2. The number of amides is 3. The number of carbonyl (C=O) groups excluding carboxylic acids is 3. The fraction of sp³-hybridized carbons (Fsp3) is 0.875. The first-order valence-corrected chi connectivity index (χ1v) is 12.1. The predicted molar refractivity (Wildman–Crippen MR) is 129 cm³/mol. The smallest absolute Gasteiger partial charge is 0.408 e. The molecule has 0 spiro atoms. The van der Waals surface area contributed by atoms with Gasteiger partial charge in [-0.25, -0.2) is 9.59 Å². The van der Waals surface area contributed by atoms with Crippen LogP contribution in [0.5, 0.6) is 0 Å². The highest BCUT2D eigenvalue weighted by molar-refractivity contribution is 5.88. The van der Waals surface area contributed by atoms with Crippen molar-refractivity contribution in [2.24, 2.45) is 11.5 Å². The van der Waals surface area contributed by atoms with E-state index in [1.807, 2.05) is 20.8 Å². The van der Waals surface area contributed by atoms with E-state index in [-0.39, 0.29) is 11.6 Å². The second-order valence-corrected chi connectivity index (χ2v) is 11.3. The molecule has 0 radical (unpaired) electrons. The normalized spacial score (nSPS) is 19.8. The van der Waals surface area contributed by atoms with Crippen LogP contribution < -0.4 is 22.1 Å². The van der Waals surface area contributed by atoms with Crippen molar-refractivity contribution in [3.8, 4) is 0 Å². The van der Waals surface area contributed by atoms with Crippen LogP contribution in [0.15, 0.2) is 0 Å². The highest BCUT2D eigenvalue weighted by atomic mass is 16.6. The molecule has 0 aliphatic heterocycles. The second-order valence-electron chi connectivity index (χ2n) is 11.3. The van der Waals surface area contributed by atoms with E-state index in [9.17, 15) is 14.4 Å². The number of hydrogen-bond acceptors (Lipinski definition) is 6. The number of nitrogens with one attached hydrogen (secondary N) is 2. The number of hydrogen-bond donors (Lipinski definition) is 4. The summed E-state index contributed by atoms with van der Waals surface area (Å²) in [6.45, 7) is 11.4. The van der Waals surface area contributed by atoms with Gasteiger partial charge in [-0.05, 0) is 67.2 Å². The largest absolute Gasteiger partial charge is 0.444 e. The van der Waals surface area contributed by atoms with E-state index in [4.69, 9.17) is 20.9 Å². The Morgan fingerprint density at radius 2 is 1.12 bits per heavy atom. The van der Waals surface area contributed by atoms with Gasteiger partial charge in [-0.3, -0.25) is 4.79 Å². The monoisotopic (exact) mass is 470 g/mol. The number of carbonyl (C=O) groups is 3. The summed E-state index contributed by atoms with van der Waals surface area (Å²) in [5.74, 6) is -0.469. The topological polar surface area (TPSA) is 146 Å². The Hall–Kier alpha value is -2.03. The first-order valence-electron chi connectivity index (χ1n) is 12.1. The van der Waals surface area contributed by atoms with Crippen LogP contribution in [0.2, 0.25) is 0 Å². The average Bonchev–Trinajstić information content (AvgIpc) is 2.66. The Bertz CT molecular complexity index is 655. The molecular weight excluding hydrogens is 424 g/mol. The lowest BCUT2D eigenvalue weighted by atomic mass is 9.81. The van der Waals surface area contributed by atoms with E-state index in [0.717, 1.165) is 44.9 Å². The van der Waals surface area contributed by atoms with Crippen molar-refractivity contribution in [1.29, 1.82) is 0 Å². The number of rotatable bonds is 4. The van der Waals surface area contributed by atoms with Gasteiger partial charge >= 0.3 is 12.2 Å². The Kier molecular flexibility index (Phi) is 10.5. The van der Waals surface area contributed by atoms with Gasteiger partial charge in [0.2, 0.25) is 5.91 Å². The van der Waals surface area contributed by atoms with E-state index in [1.165, 1.54) is 6.42 Å². The molecule has 0 unspecified atom stereocenters. The Balaban J connectivity index is 0.000000331. The summed E-state index contributed by atoms with van der Waals surface area (Å²) in [4.78, 5) is 34.9. The van der Waals surface area contributed by atoms with Gasteiger partial charge in [0.25, 0.3) is 0 Å². The zero-order valence-corrected chi connectivity index (χ0v) is 21.5. The van der Waals surface area contributed by atoms with E-state index in [2.05, 4.69) is 10.6 Å². The fourth-order valence-corrected chi connectivity index (χ4v) is 4.22. The summed E-state index contributed by atoms with van der Waals surface area (Å²) in [7, 11) is 0. The Labute approximate surface area is 199 Å². The van der Waals surface area contributed by atoms with E-state index in [0.29, 0.717) is 19.4 Å². The zero-order valence-electron chi connectivity index (χ0n) is 21.5. The van der Waals surface area contributed by atoms with Crippen LogP contribution in [0.4, 0.5) is 9.59 Å². The lowest BCUT2D eigenvalue weighted by molar-refractivity contribution is -0.125. The second kappa shape index (κ2) is 11.9. The third-order valence-electron chi connectivity index (χ3n) is 5.89. The minimum Gasteiger partial charge on any atom is -0.444 e. The molecule has 0 atom stereocenters. The summed E-state index contributed by atoms with van der Waals surface area (Å²) < 4.78 is 10.4. The molecule has 0 heterocycles. The van der Waals surface area contributed by atoms with Crippen LogP contribution in [-0.4, -0.2) is 46.9 Å². The molecule has 2 rings (SSSR count). The highest BCUT2D eigenvalue weighted by Gasteiger charge is 2.40. The lowest BCUT2D eigenvalue weighted by Gasteiger charge is -2.37. The molecule has 33 heavy (non-hydrogen) atoms. The summed E-state index contributed by atoms with van der Waals surface area (Å²) >= 11 is 0. The van der Waals surface area contributed by atoms with Crippen LogP contribution in [0, 0.1) is 0 Å². The predicted octanol–water partition coefficient (Wildman–Crippen LogP) is 3.87. The van der Waals surface area contributed by atoms with Crippen molar-refractivity contribution in [3.63, 3.8) is 0 Å². The molecule has 2 aliphatic rings. The van der Waals surface area contributed by atoms with E-state index >= 15 is 0 Å². The third-order valence-corrected chi connectivity index (χ3v) is 5.89. The quantitative estimate of drug-likeness (QED) is 0.490. The molecule has 3 amide bonds. The standard InChI is InChI=1S/C12H22N2O3.C12H24N2O2/c1-11(2,3)17-10(16)14-12(9(13)15)7-5-4-6-8-12;1-11(2,3)16-10(15)14-12(9-13)7-5-4-6-8-12/h4-8H2,1-3H3,(H2,13,15)(H,14,16);4-9,13H2,1-3H3,(H,14,15). The van der Waals surface area contributed by atoms with Crippen LogP contribution in [0.1, 0.15) is 106 Å². The molecule has 2 aliphatic carbocycles. The highest BCUT2D eigenvalue weighted by Crippen LogP contribution is 2.29. The van der Waals surface area contributed by atoms with E-state index < -0.39 is 28.7 Å². The molecule has 6 N–H and O–H groups in total. The van der Waals surface area contributed by atoms with Gasteiger partial charge in [-0.1, -0.05) is 38.5 Å². The summed E-state index contributed by atoms with van der Waals surface area (Å²) in [5.41, 5.74) is 9.01. The first-order chi connectivity index (χ1) is 15.1. The molecule has 0 aromatic heterocycles. The van der Waals surface area contributed by atoms with Crippen LogP contribution in [-0.2, 0) is 14.3 Å². The Morgan fingerprint density at radius 3 is 1.48 bits per heavy atom. The summed E-state index contributed by atoms with van der Waals surface area (Å²) in [5, 5.41) is 5.61. The molecule has 0 aromatic rings. The molecule has 9 heteroatoms. The molecule has 0 aromatic carbocycles. The maximum absolute atomic E-state index is 11.7. The SMILES string of the molecule is CC(C)(C)OC(=O)NC1(C(N)=O)CCCCC1.CC(C)(C)OC(=O)NC1(CN)CCCCC1. The van der Waals surface area contributed by atoms with Gasteiger partial charge in [0.05, 0.1) is 5.54 Å². The molecule has 192 valence electrons. The number of alkyl carbamates (subject to hydrolysis) is 2. The van der Waals surface area contributed by atoms with Crippen molar-refractivity contribution < 1.29 is 23.9 Å². The van der Waals surface area contributed by atoms with Gasteiger partial charge in [0.15, 0.2) is 0 Å². The minimum absolute atomic E-state index is 0.236. The zero-order chi connectivity index (χ0) is 25.3. The molecule has 2 fully saturated rings. The van der Waals surface area contributed by atoms with Gasteiger partial charge in [0, 0.05) is 6.54 Å². The molecule has 9 nitrogen and oxygen atoms in total. The lowest BCUT2D eigenvalue weighted by Crippen LogP contribution is -2.59. The molecular formula is C24H46N4O5. The maximum atomic E-state index is 11.7. The van der Waals surface area contributed by atoms with Gasteiger partial charge in [0.1, 0.15) is 16.7 Å². The molecule has 2 saturated carbocycles. The van der Waals surface area contributed by atoms with Gasteiger partial charge in [-0.15, -0.1) is 0 Å². The minimum atomic E-state index is -0.916. The van der Waals surface area contributed by atoms with Crippen LogP contribution in [0.25, 0.3) is 0 Å². The van der Waals surface area contributed by atoms with Crippen molar-refractivity contribution in [2.45, 2.75) is 128 Å². The molecule has 0 saturated heterocycles. The van der Waals surface area contributed by atoms with Crippen molar-refractivity contribution >= 4 is 18.1 Å². The van der Waals surface area contributed by atoms with Gasteiger partial charge < -0.3 is 31.6 Å². The van der Waals surface area contributed by atoms with Crippen LogP contribution in [0.3, 0.4) is 0 Å². The summed E-state index contributed by atoms with van der Waals surface area (Å²) in [6.07, 6.45) is 8.58. The van der Waals surface area contributed by atoms with E-state index in [1.54, 1.807) is 20.8 Å². The first kappa shape index (κ1) is 29.0. The van der Waals surface area contributed by atoms with Crippen molar-refractivity contribution in [3.05, 3.63) is 0 Å². The molecule has 0 bridgehead atoms. The maximum Gasteiger partial charge on any atom is 0.408 e. The fourth-order valence-electron chi connectivity index (χ4n) is 4.22. The van der Waals surface area contributed by atoms with Crippen molar-refractivity contribution in [1.82, 2.24) is 10.6 Å². The third kappa shape index (κ3) is 10.6. The van der Waals surface area contributed by atoms with Crippen LogP contribution >= 0.6 is 0 Å². The number of primary amides is 1. The summed E-state index contributed by atoms with van der Waals surface area (Å²) in [6, 6.07) is 0. The van der Waals surface area contributed by atoms with Crippen molar-refractivity contribution in [2.75, 3.05) is 6.54 Å². The Morgan fingerprint density at radius 1 is 0.727 bits per heavy atom. The average molecular weight is 471 g/mol. The number of ether oxygens (including phenoxy) is 2.